The zero-order valence-corrected chi connectivity index (χ0v) is 17.0. The van der Waals surface area contributed by atoms with Gasteiger partial charge in [-0.05, 0) is 55.5 Å². The van der Waals surface area contributed by atoms with Crippen molar-refractivity contribution in [3.8, 4) is 0 Å². The van der Waals surface area contributed by atoms with Crippen LogP contribution in [0.2, 0.25) is 0 Å². The van der Waals surface area contributed by atoms with Crippen LogP contribution in [0.1, 0.15) is 61.8 Å². The standard InChI is InChI=1S/C23H26F3N3O/c1-22-13-19(17-7-4-8-18(12-17)23(24,25)26)29(15-16-6-5-11-27-14-16)20(22)9-2-3-10-21(30)28-22/h4-8,11-12,14,19-20H,2-3,9-10,13,15H2,1H3,(H,28,30)/t19-,20-,22-/m0/s1. The molecule has 0 radical (unpaired) electrons. The van der Waals surface area contributed by atoms with Gasteiger partial charge in [0.1, 0.15) is 0 Å². The zero-order valence-electron chi connectivity index (χ0n) is 17.0. The van der Waals surface area contributed by atoms with E-state index in [0.29, 0.717) is 24.9 Å². The van der Waals surface area contributed by atoms with E-state index < -0.39 is 17.3 Å². The van der Waals surface area contributed by atoms with E-state index >= 15 is 0 Å². The molecule has 0 bridgehead atoms. The predicted octanol–water partition coefficient (Wildman–Crippen LogP) is 4.86. The molecule has 2 aliphatic heterocycles. The lowest BCUT2D eigenvalue weighted by molar-refractivity contribution is -0.137. The molecule has 0 saturated carbocycles. The first kappa shape index (κ1) is 20.8. The number of likely N-dealkylation sites (tertiary alicyclic amines) is 1. The summed E-state index contributed by atoms with van der Waals surface area (Å²) in [6.45, 7) is 2.61. The molecule has 0 spiro atoms. The van der Waals surface area contributed by atoms with Crippen LogP contribution in [-0.4, -0.2) is 27.4 Å². The van der Waals surface area contributed by atoms with Crippen molar-refractivity contribution in [1.29, 1.82) is 0 Å². The van der Waals surface area contributed by atoms with Gasteiger partial charge in [0, 0.05) is 37.4 Å². The zero-order chi connectivity index (χ0) is 21.4. The highest BCUT2D eigenvalue weighted by Crippen LogP contribution is 2.46. The van der Waals surface area contributed by atoms with Crippen LogP contribution >= 0.6 is 0 Å². The number of halogens is 3. The summed E-state index contributed by atoms with van der Waals surface area (Å²) < 4.78 is 40.0. The second-order valence-corrected chi connectivity index (χ2v) is 8.60. The van der Waals surface area contributed by atoms with Crippen molar-refractivity contribution in [3.05, 3.63) is 65.5 Å². The van der Waals surface area contributed by atoms with Gasteiger partial charge >= 0.3 is 6.18 Å². The SMILES string of the molecule is C[C@]12C[C@@H](c3cccc(C(F)(F)F)c3)N(Cc3cccnc3)[C@H]1CCCCC(=O)N2. The molecule has 7 heteroatoms. The van der Waals surface area contributed by atoms with Gasteiger partial charge in [-0.1, -0.05) is 24.6 Å². The second kappa shape index (κ2) is 8.02. The molecule has 1 aromatic heterocycles. The third-order valence-electron chi connectivity index (χ3n) is 6.40. The molecule has 4 nitrogen and oxygen atoms in total. The largest absolute Gasteiger partial charge is 0.416 e. The fraction of sp³-hybridized carbons (Fsp3) is 0.478. The van der Waals surface area contributed by atoms with Crippen molar-refractivity contribution in [2.75, 3.05) is 0 Å². The average molecular weight is 417 g/mol. The van der Waals surface area contributed by atoms with Crippen LogP contribution in [0.3, 0.4) is 0 Å². The van der Waals surface area contributed by atoms with Gasteiger partial charge in [0.05, 0.1) is 11.1 Å². The van der Waals surface area contributed by atoms with E-state index in [2.05, 4.69) is 15.2 Å². The number of aromatic nitrogens is 1. The molecule has 1 amide bonds. The van der Waals surface area contributed by atoms with Crippen molar-refractivity contribution in [2.24, 2.45) is 0 Å². The third kappa shape index (κ3) is 4.21. The Balaban J connectivity index is 1.74. The number of carbonyl (C=O) groups excluding carboxylic acids is 1. The van der Waals surface area contributed by atoms with E-state index in [9.17, 15) is 18.0 Å². The Hall–Kier alpha value is -2.41. The lowest BCUT2D eigenvalue weighted by Gasteiger charge is -2.38. The summed E-state index contributed by atoms with van der Waals surface area (Å²) in [6, 6.07) is 9.27. The molecule has 0 aliphatic carbocycles. The van der Waals surface area contributed by atoms with Crippen molar-refractivity contribution < 1.29 is 18.0 Å². The number of alkyl halides is 3. The first-order valence-corrected chi connectivity index (χ1v) is 10.4. The van der Waals surface area contributed by atoms with E-state index in [0.717, 1.165) is 30.9 Å². The lowest BCUT2D eigenvalue weighted by atomic mass is 9.85. The molecule has 1 N–H and O–H groups in total. The number of rotatable bonds is 3. The Labute approximate surface area is 174 Å². The molecule has 1 aromatic carbocycles. The highest BCUT2D eigenvalue weighted by molar-refractivity contribution is 5.77. The summed E-state index contributed by atoms with van der Waals surface area (Å²) >= 11 is 0. The fourth-order valence-corrected chi connectivity index (χ4v) is 5.02. The molecule has 2 aliphatic rings. The molecule has 2 saturated heterocycles. The van der Waals surface area contributed by atoms with Gasteiger partial charge in [-0.15, -0.1) is 0 Å². The Morgan fingerprint density at radius 1 is 1.23 bits per heavy atom. The highest BCUT2D eigenvalue weighted by atomic mass is 19.4. The van der Waals surface area contributed by atoms with Crippen molar-refractivity contribution in [3.63, 3.8) is 0 Å². The van der Waals surface area contributed by atoms with Gasteiger partial charge in [0.15, 0.2) is 0 Å². The van der Waals surface area contributed by atoms with Gasteiger partial charge in [0.25, 0.3) is 0 Å². The molecular formula is C23H26F3N3O. The Kier molecular flexibility index (Phi) is 5.57. The number of hydrogen-bond donors (Lipinski definition) is 1. The molecule has 0 unspecified atom stereocenters. The van der Waals surface area contributed by atoms with E-state index in [4.69, 9.17) is 0 Å². The summed E-state index contributed by atoms with van der Waals surface area (Å²) in [6.07, 6.45) is 2.83. The monoisotopic (exact) mass is 417 g/mol. The molecule has 2 aromatic rings. The van der Waals surface area contributed by atoms with Crippen LogP contribution in [0.25, 0.3) is 0 Å². The van der Waals surface area contributed by atoms with E-state index in [-0.39, 0.29) is 18.0 Å². The number of amides is 1. The van der Waals surface area contributed by atoms with Crippen molar-refractivity contribution >= 4 is 5.91 Å². The Bertz CT molecular complexity index is 902. The van der Waals surface area contributed by atoms with Crippen LogP contribution in [0.4, 0.5) is 13.2 Å². The first-order valence-electron chi connectivity index (χ1n) is 10.4. The van der Waals surface area contributed by atoms with Gasteiger partial charge in [-0.2, -0.15) is 13.2 Å². The summed E-state index contributed by atoms with van der Waals surface area (Å²) in [7, 11) is 0. The molecule has 4 rings (SSSR count). The third-order valence-corrected chi connectivity index (χ3v) is 6.40. The Morgan fingerprint density at radius 3 is 2.80 bits per heavy atom. The number of benzene rings is 1. The van der Waals surface area contributed by atoms with Gasteiger partial charge < -0.3 is 5.32 Å². The second-order valence-electron chi connectivity index (χ2n) is 8.60. The van der Waals surface area contributed by atoms with Gasteiger partial charge in [-0.25, -0.2) is 0 Å². The predicted molar refractivity (Wildman–Crippen MR) is 107 cm³/mol. The summed E-state index contributed by atoms with van der Waals surface area (Å²) in [5.41, 5.74) is 0.515. The molecule has 2 fully saturated rings. The minimum Gasteiger partial charge on any atom is -0.349 e. The minimum atomic E-state index is -4.39. The van der Waals surface area contributed by atoms with Crippen LogP contribution in [-0.2, 0) is 17.5 Å². The number of carbonyl (C=O) groups is 1. The van der Waals surface area contributed by atoms with Gasteiger partial charge in [0.2, 0.25) is 5.91 Å². The highest BCUT2D eigenvalue weighted by Gasteiger charge is 2.50. The van der Waals surface area contributed by atoms with Crippen molar-refractivity contribution in [1.82, 2.24) is 15.2 Å². The maximum Gasteiger partial charge on any atom is 0.416 e. The molecule has 3 heterocycles. The fourth-order valence-electron chi connectivity index (χ4n) is 5.02. The number of nitrogens with one attached hydrogen (secondary N) is 1. The van der Waals surface area contributed by atoms with Gasteiger partial charge in [-0.3, -0.25) is 14.7 Å². The van der Waals surface area contributed by atoms with Crippen LogP contribution < -0.4 is 5.32 Å². The molecule has 3 atom stereocenters. The molecule has 160 valence electrons. The van der Waals surface area contributed by atoms with Crippen LogP contribution in [0.15, 0.2) is 48.8 Å². The Morgan fingerprint density at radius 2 is 2.07 bits per heavy atom. The number of nitrogens with zero attached hydrogens (tertiary/aromatic N) is 2. The van der Waals surface area contributed by atoms with Crippen LogP contribution in [0.5, 0.6) is 0 Å². The molecular weight excluding hydrogens is 391 g/mol. The summed E-state index contributed by atoms with van der Waals surface area (Å²) in [5, 5.41) is 3.20. The summed E-state index contributed by atoms with van der Waals surface area (Å²) in [4.78, 5) is 18.8. The smallest absolute Gasteiger partial charge is 0.349 e. The van der Waals surface area contributed by atoms with E-state index in [1.165, 1.54) is 12.1 Å². The lowest BCUT2D eigenvalue weighted by Crippen LogP contribution is -2.55. The summed E-state index contributed by atoms with van der Waals surface area (Å²) in [5.74, 6) is 0.0215. The topological polar surface area (TPSA) is 45.2 Å². The normalized spacial score (nSPS) is 27.8. The van der Waals surface area contributed by atoms with Crippen molar-refractivity contribution in [2.45, 2.75) is 69.4 Å². The van der Waals surface area contributed by atoms with Crippen LogP contribution in [0, 0.1) is 0 Å². The maximum absolute atomic E-state index is 13.3. The number of fused-ring (bicyclic) bond motifs is 1. The first-order chi connectivity index (χ1) is 14.3. The number of hydrogen-bond acceptors (Lipinski definition) is 3. The molecule has 30 heavy (non-hydrogen) atoms. The quantitative estimate of drug-likeness (QED) is 0.775. The number of pyridine rings is 1. The van der Waals surface area contributed by atoms with E-state index in [1.807, 2.05) is 19.1 Å². The van der Waals surface area contributed by atoms with E-state index in [1.54, 1.807) is 18.5 Å². The minimum absolute atomic E-state index is 0.0215. The maximum atomic E-state index is 13.3. The average Bonchev–Trinajstić information content (AvgIpc) is 2.95.